The predicted octanol–water partition coefficient (Wildman–Crippen LogP) is 4.01. The van der Waals surface area contributed by atoms with Crippen molar-refractivity contribution in [2.75, 3.05) is 6.61 Å². The number of pyridine rings is 1. The van der Waals surface area contributed by atoms with Gasteiger partial charge >= 0.3 is 0 Å². The fourth-order valence-corrected chi connectivity index (χ4v) is 1.73. The third kappa shape index (κ3) is 2.93. The van der Waals surface area contributed by atoms with E-state index in [0.29, 0.717) is 29.9 Å². The van der Waals surface area contributed by atoms with Gasteiger partial charge in [0.15, 0.2) is 11.5 Å². The molecule has 1 aromatic carbocycles. The molecule has 0 atom stereocenters. The van der Waals surface area contributed by atoms with Crippen LogP contribution in [0, 0.1) is 0 Å². The van der Waals surface area contributed by atoms with Crippen molar-refractivity contribution in [1.82, 2.24) is 4.98 Å². The van der Waals surface area contributed by atoms with Crippen molar-refractivity contribution in [2.45, 2.75) is 12.8 Å². The SMILES string of the molecule is CCOc1ccccc1Oc1ncccc1CCl. The fraction of sp³-hybridized carbons (Fsp3) is 0.214. The van der Waals surface area contributed by atoms with Crippen LogP contribution >= 0.6 is 11.6 Å². The van der Waals surface area contributed by atoms with E-state index in [1.807, 2.05) is 43.3 Å². The molecular weight excluding hydrogens is 250 g/mol. The highest BCUT2D eigenvalue weighted by Crippen LogP contribution is 2.32. The van der Waals surface area contributed by atoms with Gasteiger partial charge in [0.1, 0.15) is 0 Å². The van der Waals surface area contributed by atoms with Crippen molar-refractivity contribution in [1.29, 1.82) is 0 Å². The highest BCUT2D eigenvalue weighted by molar-refractivity contribution is 6.17. The molecule has 0 bridgehead atoms. The Balaban J connectivity index is 2.28. The molecule has 2 aromatic rings. The molecule has 0 amide bonds. The van der Waals surface area contributed by atoms with Crippen LogP contribution in [-0.4, -0.2) is 11.6 Å². The number of ether oxygens (including phenoxy) is 2. The van der Waals surface area contributed by atoms with E-state index in [2.05, 4.69) is 4.98 Å². The van der Waals surface area contributed by atoms with Gasteiger partial charge in [0.2, 0.25) is 5.88 Å². The fourth-order valence-electron chi connectivity index (χ4n) is 1.53. The van der Waals surface area contributed by atoms with Gasteiger partial charge in [0.05, 0.1) is 12.5 Å². The molecule has 0 aliphatic rings. The van der Waals surface area contributed by atoms with Gasteiger partial charge in [-0.25, -0.2) is 4.98 Å². The largest absolute Gasteiger partial charge is 0.490 e. The van der Waals surface area contributed by atoms with Crippen molar-refractivity contribution >= 4 is 11.6 Å². The molecule has 1 heterocycles. The first-order valence-corrected chi connectivity index (χ1v) is 6.28. The summed E-state index contributed by atoms with van der Waals surface area (Å²) >= 11 is 5.85. The Morgan fingerprint density at radius 2 is 1.89 bits per heavy atom. The molecule has 1 aromatic heterocycles. The molecular formula is C14H14ClNO2. The summed E-state index contributed by atoms with van der Waals surface area (Å²) < 4.78 is 11.3. The summed E-state index contributed by atoms with van der Waals surface area (Å²) in [6.07, 6.45) is 1.68. The highest BCUT2D eigenvalue weighted by Gasteiger charge is 2.09. The van der Waals surface area contributed by atoms with E-state index in [4.69, 9.17) is 21.1 Å². The van der Waals surface area contributed by atoms with Gasteiger partial charge in [-0.3, -0.25) is 0 Å². The Morgan fingerprint density at radius 3 is 2.61 bits per heavy atom. The van der Waals surface area contributed by atoms with Crippen molar-refractivity contribution in [3.63, 3.8) is 0 Å². The lowest BCUT2D eigenvalue weighted by Gasteiger charge is -2.12. The standard InChI is InChI=1S/C14H14ClNO2/c1-2-17-12-7-3-4-8-13(12)18-14-11(10-15)6-5-9-16-14/h3-9H,2,10H2,1H3. The summed E-state index contributed by atoms with van der Waals surface area (Å²) in [5.74, 6) is 2.22. The smallest absolute Gasteiger partial charge is 0.223 e. The molecule has 0 unspecified atom stereocenters. The van der Waals surface area contributed by atoms with Gasteiger partial charge in [0, 0.05) is 11.8 Å². The zero-order valence-corrected chi connectivity index (χ0v) is 10.9. The number of rotatable bonds is 5. The number of benzene rings is 1. The Labute approximate surface area is 111 Å². The summed E-state index contributed by atoms with van der Waals surface area (Å²) in [5.41, 5.74) is 0.852. The van der Waals surface area contributed by atoms with E-state index in [0.717, 1.165) is 5.56 Å². The second-order valence-electron chi connectivity index (χ2n) is 3.58. The Bertz CT molecular complexity index is 517. The third-order valence-corrected chi connectivity index (χ3v) is 2.64. The van der Waals surface area contributed by atoms with Crippen LogP contribution in [0.2, 0.25) is 0 Å². The topological polar surface area (TPSA) is 31.4 Å². The molecule has 94 valence electrons. The zero-order valence-electron chi connectivity index (χ0n) is 10.1. The second-order valence-corrected chi connectivity index (χ2v) is 3.85. The first-order valence-electron chi connectivity index (χ1n) is 5.74. The number of para-hydroxylation sites is 2. The lowest BCUT2D eigenvalue weighted by Crippen LogP contribution is -1.97. The number of nitrogens with zero attached hydrogens (tertiary/aromatic N) is 1. The van der Waals surface area contributed by atoms with Crippen LogP contribution < -0.4 is 9.47 Å². The van der Waals surface area contributed by atoms with Crippen LogP contribution in [0.3, 0.4) is 0 Å². The zero-order chi connectivity index (χ0) is 12.8. The molecule has 0 radical (unpaired) electrons. The molecule has 0 aliphatic heterocycles. The molecule has 18 heavy (non-hydrogen) atoms. The quantitative estimate of drug-likeness (QED) is 0.764. The van der Waals surface area contributed by atoms with Crippen LogP contribution in [0.5, 0.6) is 17.4 Å². The van der Waals surface area contributed by atoms with Crippen molar-refractivity contribution < 1.29 is 9.47 Å². The van der Waals surface area contributed by atoms with Crippen LogP contribution in [0.1, 0.15) is 12.5 Å². The van der Waals surface area contributed by atoms with E-state index in [-0.39, 0.29) is 0 Å². The maximum Gasteiger partial charge on any atom is 0.223 e. The third-order valence-electron chi connectivity index (χ3n) is 2.35. The van der Waals surface area contributed by atoms with E-state index in [9.17, 15) is 0 Å². The predicted molar refractivity (Wildman–Crippen MR) is 71.5 cm³/mol. The average Bonchev–Trinajstić information content (AvgIpc) is 2.42. The molecule has 0 spiro atoms. The normalized spacial score (nSPS) is 10.1. The molecule has 2 rings (SSSR count). The van der Waals surface area contributed by atoms with E-state index < -0.39 is 0 Å². The number of aromatic nitrogens is 1. The van der Waals surface area contributed by atoms with Crippen molar-refractivity contribution in [3.05, 3.63) is 48.2 Å². The Hall–Kier alpha value is -1.74. The first-order chi connectivity index (χ1) is 8.85. The van der Waals surface area contributed by atoms with Crippen molar-refractivity contribution in [3.8, 4) is 17.4 Å². The Kier molecular flexibility index (Phi) is 4.42. The van der Waals surface area contributed by atoms with E-state index >= 15 is 0 Å². The minimum atomic E-state index is 0.361. The average molecular weight is 264 g/mol. The number of halogens is 1. The van der Waals surface area contributed by atoms with Crippen molar-refractivity contribution in [2.24, 2.45) is 0 Å². The molecule has 0 saturated heterocycles. The Morgan fingerprint density at radius 1 is 1.11 bits per heavy atom. The molecule has 3 nitrogen and oxygen atoms in total. The summed E-state index contributed by atoms with van der Waals surface area (Å²) in [5, 5.41) is 0. The van der Waals surface area contributed by atoms with Gasteiger partial charge in [-0.15, -0.1) is 11.6 Å². The van der Waals surface area contributed by atoms with Gasteiger partial charge in [-0.2, -0.15) is 0 Å². The molecule has 4 heteroatoms. The van der Waals surface area contributed by atoms with Crippen LogP contribution in [-0.2, 0) is 5.88 Å². The van der Waals surface area contributed by atoms with Gasteiger partial charge in [-0.1, -0.05) is 18.2 Å². The van der Waals surface area contributed by atoms with Crippen LogP contribution in [0.15, 0.2) is 42.6 Å². The minimum Gasteiger partial charge on any atom is -0.490 e. The molecule has 0 aliphatic carbocycles. The number of hydrogen-bond donors (Lipinski definition) is 0. The molecule has 0 fully saturated rings. The molecule has 0 N–H and O–H groups in total. The summed E-state index contributed by atoms with van der Waals surface area (Å²) in [6, 6.07) is 11.2. The first kappa shape index (κ1) is 12.7. The lowest BCUT2D eigenvalue weighted by atomic mass is 10.3. The maximum absolute atomic E-state index is 5.85. The number of alkyl halides is 1. The second kappa shape index (κ2) is 6.26. The lowest BCUT2D eigenvalue weighted by molar-refractivity contribution is 0.319. The van der Waals surface area contributed by atoms with Crippen LogP contribution in [0.25, 0.3) is 0 Å². The number of hydrogen-bond acceptors (Lipinski definition) is 3. The summed E-state index contributed by atoms with van der Waals surface area (Å²) in [4.78, 5) is 4.18. The van der Waals surface area contributed by atoms with E-state index in [1.165, 1.54) is 0 Å². The maximum atomic E-state index is 5.85. The van der Waals surface area contributed by atoms with Crippen LogP contribution in [0.4, 0.5) is 0 Å². The highest BCUT2D eigenvalue weighted by atomic mass is 35.5. The summed E-state index contributed by atoms with van der Waals surface area (Å²) in [7, 11) is 0. The monoisotopic (exact) mass is 263 g/mol. The minimum absolute atomic E-state index is 0.361. The summed E-state index contributed by atoms with van der Waals surface area (Å²) in [6.45, 7) is 2.52. The van der Waals surface area contributed by atoms with Gasteiger partial charge in [-0.05, 0) is 25.1 Å². The van der Waals surface area contributed by atoms with Gasteiger partial charge in [0.25, 0.3) is 0 Å². The molecule has 0 saturated carbocycles. The van der Waals surface area contributed by atoms with Gasteiger partial charge < -0.3 is 9.47 Å². The van der Waals surface area contributed by atoms with E-state index in [1.54, 1.807) is 6.20 Å².